The maximum absolute atomic E-state index is 12.7. The Labute approximate surface area is 163 Å². The number of nitro groups is 1. The SMILES string of the molecule is CCC/C(C)=N\Nc1ccc(S(=O)(=O)Nc2ccccc2OC)cc1[N+](=O)[O-]. The molecule has 0 aliphatic rings. The maximum Gasteiger partial charge on any atom is 0.295 e. The number of sulfonamides is 1. The Morgan fingerprint density at radius 2 is 1.93 bits per heavy atom. The van der Waals surface area contributed by atoms with E-state index in [1.807, 2.05) is 6.92 Å². The average Bonchev–Trinajstić information content (AvgIpc) is 2.66. The summed E-state index contributed by atoms with van der Waals surface area (Å²) in [5.41, 5.74) is 3.37. The lowest BCUT2D eigenvalue weighted by Gasteiger charge is -2.12. The van der Waals surface area contributed by atoms with E-state index in [0.717, 1.165) is 24.6 Å². The fourth-order valence-electron chi connectivity index (χ4n) is 2.43. The Balaban J connectivity index is 2.36. The van der Waals surface area contributed by atoms with E-state index in [1.165, 1.54) is 25.3 Å². The molecule has 28 heavy (non-hydrogen) atoms. The third-order valence-corrected chi connectivity index (χ3v) is 5.17. The third kappa shape index (κ3) is 5.19. The lowest BCUT2D eigenvalue weighted by atomic mass is 10.2. The number of hydrogen-bond donors (Lipinski definition) is 2. The fraction of sp³-hybridized carbons (Fsp3) is 0.278. The maximum atomic E-state index is 12.7. The lowest BCUT2D eigenvalue weighted by molar-refractivity contribution is -0.384. The Morgan fingerprint density at radius 3 is 2.57 bits per heavy atom. The minimum atomic E-state index is -4.06. The first-order valence-electron chi connectivity index (χ1n) is 8.52. The van der Waals surface area contributed by atoms with Crippen LogP contribution in [0.15, 0.2) is 52.5 Å². The molecule has 10 heteroatoms. The lowest BCUT2D eigenvalue weighted by Crippen LogP contribution is -2.14. The van der Waals surface area contributed by atoms with Crippen molar-refractivity contribution in [2.75, 3.05) is 17.3 Å². The molecule has 0 heterocycles. The van der Waals surface area contributed by atoms with E-state index in [9.17, 15) is 18.5 Å². The zero-order chi connectivity index (χ0) is 20.7. The van der Waals surface area contributed by atoms with Gasteiger partial charge in [-0.25, -0.2) is 8.42 Å². The fourth-order valence-corrected chi connectivity index (χ4v) is 3.52. The molecule has 2 aromatic rings. The molecule has 0 radical (unpaired) electrons. The van der Waals surface area contributed by atoms with Crippen molar-refractivity contribution in [3.8, 4) is 5.75 Å². The van der Waals surface area contributed by atoms with Gasteiger partial charge in [0.2, 0.25) is 0 Å². The molecule has 0 aliphatic heterocycles. The van der Waals surface area contributed by atoms with E-state index in [1.54, 1.807) is 25.1 Å². The molecular formula is C18H22N4O5S. The minimum Gasteiger partial charge on any atom is -0.495 e. The molecule has 0 saturated carbocycles. The molecule has 0 saturated heterocycles. The Kier molecular flexibility index (Phi) is 6.94. The molecule has 0 bridgehead atoms. The summed E-state index contributed by atoms with van der Waals surface area (Å²) in [6.07, 6.45) is 1.64. The van der Waals surface area contributed by atoms with Crippen LogP contribution in [0.3, 0.4) is 0 Å². The summed E-state index contributed by atoms with van der Waals surface area (Å²) in [6, 6.07) is 10.1. The second-order valence-electron chi connectivity index (χ2n) is 5.95. The van der Waals surface area contributed by atoms with Gasteiger partial charge in [-0.3, -0.25) is 20.3 Å². The van der Waals surface area contributed by atoms with Crippen LogP contribution in [0.4, 0.5) is 17.1 Å². The number of anilines is 2. The van der Waals surface area contributed by atoms with Gasteiger partial charge in [0.05, 0.1) is 22.6 Å². The number of hydrazone groups is 1. The van der Waals surface area contributed by atoms with Gasteiger partial charge in [0.15, 0.2) is 0 Å². The van der Waals surface area contributed by atoms with Gasteiger partial charge < -0.3 is 4.74 Å². The minimum absolute atomic E-state index is 0.108. The van der Waals surface area contributed by atoms with Gasteiger partial charge in [0.1, 0.15) is 11.4 Å². The summed E-state index contributed by atoms with van der Waals surface area (Å²) < 4.78 is 32.8. The number of rotatable bonds is 9. The smallest absolute Gasteiger partial charge is 0.295 e. The monoisotopic (exact) mass is 406 g/mol. The van der Waals surface area contributed by atoms with Crippen molar-refractivity contribution in [2.24, 2.45) is 5.10 Å². The van der Waals surface area contributed by atoms with Crippen LogP contribution in [-0.4, -0.2) is 26.2 Å². The molecule has 0 spiro atoms. The van der Waals surface area contributed by atoms with Crippen LogP contribution < -0.4 is 14.9 Å². The summed E-state index contributed by atoms with van der Waals surface area (Å²) in [5, 5.41) is 15.5. The molecule has 9 nitrogen and oxygen atoms in total. The molecular weight excluding hydrogens is 384 g/mol. The van der Waals surface area contributed by atoms with E-state index < -0.39 is 20.6 Å². The normalized spacial score (nSPS) is 11.8. The number of benzene rings is 2. The quantitative estimate of drug-likeness (QED) is 0.369. The van der Waals surface area contributed by atoms with E-state index in [2.05, 4.69) is 15.2 Å². The molecule has 150 valence electrons. The van der Waals surface area contributed by atoms with E-state index in [-0.39, 0.29) is 16.3 Å². The van der Waals surface area contributed by atoms with Crippen molar-refractivity contribution in [2.45, 2.75) is 31.6 Å². The van der Waals surface area contributed by atoms with Gasteiger partial charge in [0, 0.05) is 11.8 Å². The summed E-state index contributed by atoms with van der Waals surface area (Å²) >= 11 is 0. The molecule has 2 N–H and O–H groups in total. The summed E-state index contributed by atoms with van der Waals surface area (Å²) in [4.78, 5) is 10.5. The number of para-hydroxylation sites is 2. The van der Waals surface area contributed by atoms with Crippen molar-refractivity contribution in [1.29, 1.82) is 0 Å². The second kappa shape index (κ2) is 9.18. The van der Waals surface area contributed by atoms with Crippen molar-refractivity contribution in [3.63, 3.8) is 0 Å². The first-order valence-corrected chi connectivity index (χ1v) is 10.00. The second-order valence-corrected chi connectivity index (χ2v) is 7.63. The van der Waals surface area contributed by atoms with Gasteiger partial charge in [-0.2, -0.15) is 5.10 Å². The van der Waals surface area contributed by atoms with E-state index >= 15 is 0 Å². The van der Waals surface area contributed by atoms with Crippen molar-refractivity contribution < 1.29 is 18.1 Å². The van der Waals surface area contributed by atoms with E-state index in [0.29, 0.717) is 5.75 Å². The number of nitro benzene ring substituents is 1. The van der Waals surface area contributed by atoms with Crippen molar-refractivity contribution in [1.82, 2.24) is 0 Å². The highest BCUT2D eigenvalue weighted by atomic mass is 32.2. The van der Waals surface area contributed by atoms with Gasteiger partial charge in [-0.05, 0) is 37.6 Å². The Hall–Kier alpha value is -3.14. The first-order chi connectivity index (χ1) is 13.3. The third-order valence-electron chi connectivity index (χ3n) is 3.81. The molecule has 0 unspecified atom stereocenters. The predicted octanol–water partition coefficient (Wildman–Crippen LogP) is 3.99. The standard InChI is InChI=1S/C18H22N4O5S/c1-4-7-13(2)19-20-15-11-10-14(12-17(15)22(23)24)28(25,26)21-16-8-5-6-9-18(16)27-3/h5-6,8-12,20-21H,4,7H2,1-3H3/b19-13-. The highest BCUT2D eigenvalue weighted by Gasteiger charge is 2.22. The zero-order valence-corrected chi connectivity index (χ0v) is 16.6. The van der Waals surface area contributed by atoms with Crippen LogP contribution in [0.25, 0.3) is 0 Å². The molecule has 0 amide bonds. The molecule has 0 atom stereocenters. The highest BCUT2D eigenvalue weighted by molar-refractivity contribution is 7.92. The van der Waals surface area contributed by atoms with Gasteiger partial charge in [-0.15, -0.1) is 0 Å². The van der Waals surface area contributed by atoms with E-state index in [4.69, 9.17) is 4.74 Å². The number of ether oxygens (including phenoxy) is 1. The Bertz CT molecular complexity index is 989. The van der Waals surface area contributed by atoms with Gasteiger partial charge in [-0.1, -0.05) is 25.5 Å². The average molecular weight is 406 g/mol. The molecule has 0 aromatic heterocycles. The van der Waals surface area contributed by atoms with Gasteiger partial charge in [0.25, 0.3) is 15.7 Å². The topological polar surface area (TPSA) is 123 Å². The number of nitrogens with zero attached hydrogens (tertiary/aromatic N) is 2. The van der Waals surface area contributed by atoms with Crippen LogP contribution in [0.5, 0.6) is 5.75 Å². The highest BCUT2D eigenvalue weighted by Crippen LogP contribution is 2.30. The summed E-state index contributed by atoms with van der Waals surface area (Å²) in [7, 11) is -2.64. The summed E-state index contributed by atoms with van der Waals surface area (Å²) in [6.45, 7) is 3.80. The van der Waals surface area contributed by atoms with Crippen molar-refractivity contribution >= 4 is 32.8 Å². The van der Waals surface area contributed by atoms with Crippen molar-refractivity contribution in [3.05, 3.63) is 52.6 Å². The zero-order valence-electron chi connectivity index (χ0n) is 15.8. The molecule has 0 aliphatic carbocycles. The molecule has 2 aromatic carbocycles. The molecule has 2 rings (SSSR count). The van der Waals surface area contributed by atoms with Gasteiger partial charge >= 0.3 is 0 Å². The first kappa shape index (κ1) is 21.2. The number of nitrogens with one attached hydrogen (secondary N) is 2. The summed E-state index contributed by atoms with van der Waals surface area (Å²) in [5.74, 6) is 0.333. The van der Waals surface area contributed by atoms with Crippen LogP contribution in [0.2, 0.25) is 0 Å². The van der Waals surface area contributed by atoms with Crippen LogP contribution in [-0.2, 0) is 10.0 Å². The molecule has 0 fully saturated rings. The van der Waals surface area contributed by atoms with Crippen LogP contribution >= 0.6 is 0 Å². The number of methoxy groups -OCH3 is 1. The van der Waals surface area contributed by atoms with Crippen LogP contribution in [0.1, 0.15) is 26.7 Å². The van der Waals surface area contributed by atoms with Crippen LogP contribution in [0, 0.1) is 10.1 Å². The predicted molar refractivity (Wildman–Crippen MR) is 109 cm³/mol. The largest absolute Gasteiger partial charge is 0.495 e. The number of hydrogen-bond acceptors (Lipinski definition) is 7. The Morgan fingerprint density at radius 1 is 1.21 bits per heavy atom.